The Morgan fingerprint density at radius 3 is 2.52 bits per heavy atom. The van der Waals surface area contributed by atoms with Crippen molar-refractivity contribution < 1.29 is 14.4 Å². The number of carbonyl (C=O) groups excluding carboxylic acids is 3. The smallest absolute Gasteiger partial charge is 0.255 e. The van der Waals surface area contributed by atoms with Gasteiger partial charge in [0, 0.05) is 62.0 Å². The Hall–Kier alpha value is -3.51. The summed E-state index contributed by atoms with van der Waals surface area (Å²) in [7, 11) is 3.40. The van der Waals surface area contributed by atoms with Crippen molar-refractivity contribution >= 4 is 29.2 Å². The van der Waals surface area contributed by atoms with E-state index in [1.165, 1.54) is 4.90 Å². The molecule has 1 aromatic heterocycles. The van der Waals surface area contributed by atoms with Gasteiger partial charge in [-0.2, -0.15) is 0 Å². The Kier molecular flexibility index (Phi) is 6.56. The molecule has 0 fully saturated rings. The molecule has 33 heavy (non-hydrogen) atoms. The molecule has 0 bridgehead atoms. The summed E-state index contributed by atoms with van der Waals surface area (Å²) in [6.45, 7) is 0.244. The fourth-order valence-electron chi connectivity index (χ4n) is 4.05. The number of pyridine rings is 1. The van der Waals surface area contributed by atoms with Gasteiger partial charge in [-0.25, -0.2) is 0 Å². The Morgan fingerprint density at radius 2 is 1.85 bits per heavy atom. The quantitative estimate of drug-likeness (QED) is 0.579. The molecule has 0 saturated carbocycles. The lowest BCUT2D eigenvalue weighted by Crippen LogP contribution is -2.44. The van der Waals surface area contributed by atoms with Crippen molar-refractivity contribution in [2.45, 2.75) is 25.4 Å². The number of benzene rings is 2. The van der Waals surface area contributed by atoms with E-state index in [0.29, 0.717) is 28.1 Å². The molecule has 168 valence electrons. The molecule has 7 heteroatoms. The number of halogens is 1. The molecular formula is C26H24ClN3O3. The second kappa shape index (κ2) is 9.55. The van der Waals surface area contributed by atoms with E-state index in [4.69, 9.17) is 11.6 Å². The van der Waals surface area contributed by atoms with E-state index in [-0.39, 0.29) is 30.6 Å². The number of hydrogen-bond acceptors (Lipinski definition) is 4. The third-order valence-electron chi connectivity index (χ3n) is 5.78. The van der Waals surface area contributed by atoms with E-state index < -0.39 is 6.04 Å². The number of Topliss-reactive ketones (excluding diaryl/α,β-unsaturated/α-hetero) is 1. The van der Waals surface area contributed by atoms with Gasteiger partial charge >= 0.3 is 0 Å². The highest BCUT2D eigenvalue weighted by Gasteiger charge is 2.35. The fraction of sp³-hybridized carbons (Fsp3) is 0.231. The molecule has 0 aliphatic carbocycles. The van der Waals surface area contributed by atoms with E-state index in [2.05, 4.69) is 4.98 Å². The van der Waals surface area contributed by atoms with Crippen LogP contribution in [0, 0.1) is 0 Å². The van der Waals surface area contributed by atoms with Gasteiger partial charge in [0.1, 0.15) is 0 Å². The van der Waals surface area contributed by atoms with Crippen molar-refractivity contribution in [1.29, 1.82) is 0 Å². The van der Waals surface area contributed by atoms with Crippen LogP contribution >= 0.6 is 11.6 Å². The SMILES string of the molecule is CN(C)C(=O)c1ccc(CN2C(=O)c3ccc(Cl)cc3CC(=O)[C@H]2Cc2cccnc2)cc1. The average molecular weight is 462 g/mol. The van der Waals surface area contributed by atoms with Gasteiger partial charge in [0.25, 0.3) is 11.8 Å². The zero-order valence-corrected chi connectivity index (χ0v) is 19.2. The maximum atomic E-state index is 13.6. The number of amides is 2. The van der Waals surface area contributed by atoms with Crippen LogP contribution < -0.4 is 0 Å². The van der Waals surface area contributed by atoms with Crippen molar-refractivity contribution in [1.82, 2.24) is 14.8 Å². The molecule has 1 atom stereocenters. The summed E-state index contributed by atoms with van der Waals surface area (Å²) in [6.07, 6.45) is 3.90. The van der Waals surface area contributed by atoms with Crippen molar-refractivity contribution in [2.75, 3.05) is 14.1 Å². The molecule has 0 N–H and O–H groups in total. The van der Waals surface area contributed by atoms with E-state index in [1.807, 2.05) is 24.3 Å². The number of nitrogens with zero attached hydrogens (tertiary/aromatic N) is 3. The van der Waals surface area contributed by atoms with Crippen LogP contribution in [0.25, 0.3) is 0 Å². The van der Waals surface area contributed by atoms with Crippen LogP contribution in [0.5, 0.6) is 0 Å². The Balaban J connectivity index is 1.69. The number of aromatic nitrogens is 1. The summed E-state index contributed by atoms with van der Waals surface area (Å²) in [6, 6.07) is 15.3. The first kappa shape index (κ1) is 22.7. The predicted octanol–water partition coefficient (Wildman–Crippen LogP) is 3.82. The number of hydrogen-bond donors (Lipinski definition) is 0. The maximum Gasteiger partial charge on any atom is 0.255 e. The number of fused-ring (bicyclic) bond motifs is 1. The lowest BCUT2D eigenvalue weighted by molar-refractivity contribution is -0.122. The van der Waals surface area contributed by atoms with Crippen LogP contribution in [0.1, 0.15) is 37.4 Å². The van der Waals surface area contributed by atoms with Gasteiger partial charge in [0.15, 0.2) is 5.78 Å². The zero-order valence-electron chi connectivity index (χ0n) is 18.5. The third kappa shape index (κ3) is 4.96. The minimum atomic E-state index is -0.643. The molecule has 6 nitrogen and oxygen atoms in total. The first-order valence-corrected chi connectivity index (χ1v) is 11.0. The number of carbonyl (C=O) groups is 3. The summed E-state index contributed by atoms with van der Waals surface area (Å²) in [5, 5.41) is 0.493. The maximum absolute atomic E-state index is 13.6. The molecule has 2 amide bonds. The molecule has 2 aromatic carbocycles. The van der Waals surface area contributed by atoms with E-state index >= 15 is 0 Å². The van der Waals surface area contributed by atoms with Crippen molar-refractivity contribution in [3.8, 4) is 0 Å². The van der Waals surface area contributed by atoms with Crippen molar-refractivity contribution in [3.63, 3.8) is 0 Å². The second-order valence-corrected chi connectivity index (χ2v) is 8.79. The standard InChI is InChI=1S/C26H24ClN3O3/c1-29(2)25(32)19-7-5-17(6-8-19)16-30-23(12-18-4-3-11-28-15-18)24(31)14-20-13-21(27)9-10-22(20)26(30)33/h3-11,13,15,23H,12,14,16H2,1-2H3/t23-/m1/s1. The van der Waals surface area contributed by atoms with Crippen LogP contribution in [-0.2, 0) is 24.2 Å². The van der Waals surface area contributed by atoms with Crippen LogP contribution in [0.15, 0.2) is 67.0 Å². The molecular weight excluding hydrogens is 438 g/mol. The number of rotatable bonds is 5. The molecule has 0 saturated heterocycles. The first-order valence-electron chi connectivity index (χ1n) is 10.6. The molecule has 1 aliphatic heterocycles. The Labute approximate surface area is 197 Å². The van der Waals surface area contributed by atoms with Gasteiger partial charge in [-0.15, -0.1) is 0 Å². The highest BCUT2D eigenvalue weighted by Crippen LogP contribution is 2.27. The van der Waals surface area contributed by atoms with Crippen LogP contribution in [-0.4, -0.2) is 52.5 Å². The van der Waals surface area contributed by atoms with Crippen LogP contribution in [0.2, 0.25) is 5.02 Å². The van der Waals surface area contributed by atoms with Gasteiger partial charge in [-0.3, -0.25) is 19.4 Å². The minimum absolute atomic E-state index is 0.0485. The average Bonchev–Trinajstić information content (AvgIpc) is 2.89. The number of ketones is 1. The summed E-state index contributed by atoms with van der Waals surface area (Å²) in [5.74, 6) is -0.356. The van der Waals surface area contributed by atoms with Gasteiger partial charge in [-0.05, 0) is 53.1 Å². The summed E-state index contributed by atoms with van der Waals surface area (Å²) < 4.78 is 0. The third-order valence-corrected chi connectivity index (χ3v) is 6.02. The first-order chi connectivity index (χ1) is 15.8. The van der Waals surface area contributed by atoms with Gasteiger partial charge in [0.05, 0.1) is 6.04 Å². The fourth-order valence-corrected chi connectivity index (χ4v) is 4.24. The van der Waals surface area contributed by atoms with Crippen LogP contribution in [0.3, 0.4) is 0 Å². The molecule has 0 spiro atoms. The summed E-state index contributed by atoms with van der Waals surface area (Å²) in [5.41, 5.74) is 3.41. The second-order valence-electron chi connectivity index (χ2n) is 8.36. The zero-order chi connectivity index (χ0) is 23.5. The summed E-state index contributed by atoms with van der Waals surface area (Å²) in [4.78, 5) is 46.5. The van der Waals surface area contributed by atoms with E-state index in [9.17, 15) is 14.4 Å². The molecule has 4 rings (SSSR count). The molecule has 1 aliphatic rings. The molecule has 0 unspecified atom stereocenters. The monoisotopic (exact) mass is 461 g/mol. The van der Waals surface area contributed by atoms with E-state index in [0.717, 1.165) is 11.1 Å². The van der Waals surface area contributed by atoms with Gasteiger partial charge in [0.2, 0.25) is 0 Å². The molecule has 2 heterocycles. The highest BCUT2D eigenvalue weighted by molar-refractivity contribution is 6.30. The van der Waals surface area contributed by atoms with Crippen molar-refractivity contribution in [2.24, 2.45) is 0 Å². The lowest BCUT2D eigenvalue weighted by Gasteiger charge is -2.29. The van der Waals surface area contributed by atoms with Crippen molar-refractivity contribution in [3.05, 3.63) is 99.8 Å². The lowest BCUT2D eigenvalue weighted by atomic mass is 9.98. The van der Waals surface area contributed by atoms with Crippen LogP contribution in [0.4, 0.5) is 0 Å². The molecule has 0 radical (unpaired) electrons. The highest BCUT2D eigenvalue weighted by atomic mass is 35.5. The normalized spacial score (nSPS) is 15.7. The van der Waals surface area contributed by atoms with E-state index in [1.54, 1.807) is 61.7 Å². The largest absolute Gasteiger partial charge is 0.345 e. The summed E-state index contributed by atoms with van der Waals surface area (Å²) >= 11 is 6.14. The molecule has 3 aromatic rings. The Morgan fingerprint density at radius 1 is 1.09 bits per heavy atom. The minimum Gasteiger partial charge on any atom is -0.345 e. The predicted molar refractivity (Wildman–Crippen MR) is 126 cm³/mol. The van der Waals surface area contributed by atoms with Gasteiger partial charge < -0.3 is 9.80 Å². The van der Waals surface area contributed by atoms with Gasteiger partial charge in [-0.1, -0.05) is 29.8 Å². The Bertz CT molecular complexity index is 1190. The topological polar surface area (TPSA) is 70.6 Å².